The van der Waals surface area contributed by atoms with Crippen molar-refractivity contribution in [2.45, 2.75) is 26.7 Å². The molecule has 1 amide bonds. The Hall–Kier alpha value is -1.39. The normalized spacial score (nSPS) is 10.5. The van der Waals surface area contributed by atoms with Crippen LogP contribution in [-0.2, 0) is 11.2 Å². The number of carbonyl (C=O) groups is 1. The molecule has 0 spiro atoms. The van der Waals surface area contributed by atoms with Gasteiger partial charge in [-0.2, -0.15) is 0 Å². The maximum Gasteiger partial charge on any atom is 0.224 e. The zero-order valence-corrected chi connectivity index (χ0v) is 12.4. The third-order valence-corrected chi connectivity index (χ3v) is 4.11. The van der Waals surface area contributed by atoms with Crippen LogP contribution in [0.5, 0.6) is 0 Å². The molecule has 1 aromatic carbocycles. The zero-order chi connectivity index (χ0) is 13.8. The zero-order valence-electron chi connectivity index (χ0n) is 10.9. The second kappa shape index (κ2) is 6.17. The van der Waals surface area contributed by atoms with Gasteiger partial charge in [0.05, 0.1) is 10.7 Å². The number of hydrogen-bond donors (Lipinski definition) is 1. The monoisotopic (exact) mass is 294 g/mol. The van der Waals surface area contributed by atoms with Gasteiger partial charge in [-0.15, -0.1) is 11.3 Å². The second-order valence-electron chi connectivity index (χ2n) is 4.31. The minimum atomic E-state index is -0.0206. The van der Waals surface area contributed by atoms with Crippen LogP contribution in [0.2, 0.25) is 5.02 Å². The average molecular weight is 295 g/mol. The fraction of sp³-hybridized carbons (Fsp3) is 0.286. The van der Waals surface area contributed by atoms with Gasteiger partial charge in [0.15, 0.2) is 0 Å². The standard InChI is InChI=1S/C14H15ClN2OS/c1-9-10(2)19-14(16-9)7-6-13(18)17-12-5-3-4-11(15)8-12/h3-5,8H,6-7H2,1-2H3,(H,17,18). The average Bonchev–Trinajstić information content (AvgIpc) is 2.66. The molecule has 1 aromatic heterocycles. The number of anilines is 1. The van der Waals surface area contributed by atoms with Gasteiger partial charge < -0.3 is 5.32 Å². The molecular weight excluding hydrogens is 280 g/mol. The Morgan fingerprint density at radius 3 is 2.84 bits per heavy atom. The van der Waals surface area contributed by atoms with E-state index in [1.165, 1.54) is 4.88 Å². The fourth-order valence-electron chi connectivity index (χ4n) is 1.66. The van der Waals surface area contributed by atoms with Crippen molar-refractivity contribution < 1.29 is 4.79 Å². The Balaban J connectivity index is 1.88. The lowest BCUT2D eigenvalue weighted by atomic mass is 10.2. The molecule has 5 heteroatoms. The predicted molar refractivity (Wildman–Crippen MR) is 80.0 cm³/mol. The summed E-state index contributed by atoms with van der Waals surface area (Å²) >= 11 is 7.51. The number of hydrogen-bond acceptors (Lipinski definition) is 3. The van der Waals surface area contributed by atoms with Crippen molar-refractivity contribution >= 4 is 34.5 Å². The topological polar surface area (TPSA) is 42.0 Å². The molecule has 0 unspecified atom stereocenters. The SMILES string of the molecule is Cc1nc(CCC(=O)Nc2cccc(Cl)c2)sc1C. The largest absolute Gasteiger partial charge is 0.326 e. The summed E-state index contributed by atoms with van der Waals surface area (Å²) in [6, 6.07) is 7.14. The van der Waals surface area contributed by atoms with Crippen molar-refractivity contribution in [2.75, 3.05) is 5.32 Å². The number of amides is 1. The molecule has 2 aromatic rings. The molecular formula is C14H15ClN2OS. The molecule has 0 bridgehead atoms. The molecule has 0 saturated carbocycles. The van der Waals surface area contributed by atoms with Crippen molar-refractivity contribution in [3.63, 3.8) is 0 Å². The Morgan fingerprint density at radius 1 is 1.42 bits per heavy atom. The first-order chi connectivity index (χ1) is 9.04. The molecule has 0 aliphatic heterocycles. The van der Waals surface area contributed by atoms with Gasteiger partial charge in [-0.1, -0.05) is 17.7 Å². The number of nitrogens with zero attached hydrogens (tertiary/aromatic N) is 1. The lowest BCUT2D eigenvalue weighted by molar-refractivity contribution is -0.116. The van der Waals surface area contributed by atoms with E-state index >= 15 is 0 Å². The minimum absolute atomic E-state index is 0.0206. The van der Waals surface area contributed by atoms with E-state index in [-0.39, 0.29) is 5.91 Å². The summed E-state index contributed by atoms with van der Waals surface area (Å²) in [7, 11) is 0. The molecule has 0 atom stereocenters. The summed E-state index contributed by atoms with van der Waals surface area (Å²) in [6.45, 7) is 4.03. The van der Waals surface area contributed by atoms with Crippen molar-refractivity contribution in [3.8, 4) is 0 Å². The molecule has 100 valence electrons. The van der Waals surface area contributed by atoms with Gasteiger partial charge in [0.2, 0.25) is 5.91 Å². The summed E-state index contributed by atoms with van der Waals surface area (Å²) in [5, 5.41) is 4.45. The first-order valence-corrected chi connectivity index (χ1v) is 7.22. The van der Waals surface area contributed by atoms with Crippen LogP contribution in [0.4, 0.5) is 5.69 Å². The van der Waals surface area contributed by atoms with Crippen LogP contribution < -0.4 is 5.32 Å². The molecule has 1 heterocycles. The maximum atomic E-state index is 11.8. The van der Waals surface area contributed by atoms with Gasteiger partial charge in [-0.3, -0.25) is 4.79 Å². The van der Waals surface area contributed by atoms with Crippen LogP contribution in [0.15, 0.2) is 24.3 Å². The van der Waals surface area contributed by atoms with E-state index in [0.29, 0.717) is 17.9 Å². The Morgan fingerprint density at radius 2 is 2.21 bits per heavy atom. The highest BCUT2D eigenvalue weighted by atomic mass is 35.5. The van der Waals surface area contributed by atoms with Gasteiger partial charge >= 0.3 is 0 Å². The number of carbonyl (C=O) groups excluding carboxylic acids is 1. The maximum absolute atomic E-state index is 11.8. The van der Waals surface area contributed by atoms with Crippen LogP contribution in [-0.4, -0.2) is 10.9 Å². The summed E-state index contributed by atoms with van der Waals surface area (Å²) in [5.41, 5.74) is 1.78. The highest BCUT2D eigenvalue weighted by Gasteiger charge is 2.07. The quantitative estimate of drug-likeness (QED) is 0.926. The van der Waals surface area contributed by atoms with Crippen molar-refractivity contribution in [1.82, 2.24) is 4.98 Å². The Labute approximate surface area is 121 Å². The summed E-state index contributed by atoms with van der Waals surface area (Å²) in [6.07, 6.45) is 1.10. The van der Waals surface area contributed by atoms with Crippen molar-refractivity contribution in [3.05, 3.63) is 44.9 Å². The van der Waals surface area contributed by atoms with Gasteiger partial charge in [0, 0.05) is 28.4 Å². The fourth-order valence-corrected chi connectivity index (χ4v) is 2.78. The van der Waals surface area contributed by atoms with E-state index < -0.39 is 0 Å². The van der Waals surface area contributed by atoms with Gasteiger partial charge in [-0.05, 0) is 32.0 Å². The Kier molecular flexibility index (Phi) is 4.56. The van der Waals surface area contributed by atoms with Crippen LogP contribution in [0.3, 0.4) is 0 Å². The van der Waals surface area contributed by atoms with Crippen LogP contribution in [0.1, 0.15) is 22.0 Å². The van der Waals surface area contributed by atoms with E-state index in [1.54, 1.807) is 23.5 Å². The van der Waals surface area contributed by atoms with Gasteiger partial charge in [-0.25, -0.2) is 4.98 Å². The predicted octanol–water partition coefficient (Wildman–Crippen LogP) is 3.98. The lowest BCUT2D eigenvalue weighted by Gasteiger charge is -2.04. The number of aryl methyl sites for hydroxylation is 3. The molecule has 1 N–H and O–H groups in total. The van der Waals surface area contributed by atoms with Gasteiger partial charge in [0.1, 0.15) is 0 Å². The molecule has 2 rings (SSSR count). The molecule has 0 radical (unpaired) electrons. The van der Waals surface area contributed by atoms with E-state index in [2.05, 4.69) is 10.3 Å². The Bertz CT molecular complexity index is 575. The molecule has 0 aliphatic rings. The van der Waals surface area contributed by atoms with Crippen molar-refractivity contribution in [1.29, 1.82) is 0 Å². The van der Waals surface area contributed by atoms with Crippen LogP contribution >= 0.6 is 22.9 Å². The summed E-state index contributed by atoms with van der Waals surface area (Å²) in [4.78, 5) is 17.4. The van der Waals surface area contributed by atoms with Crippen molar-refractivity contribution in [2.24, 2.45) is 0 Å². The first kappa shape index (κ1) is 14.0. The number of rotatable bonds is 4. The first-order valence-electron chi connectivity index (χ1n) is 6.03. The van der Waals surface area contributed by atoms with E-state index in [9.17, 15) is 4.79 Å². The lowest BCUT2D eigenvalue weighted by Crippen LogP contribution is -2.12. The molecule has 3 nitrogen and oxygen atoms in total. The van der Waals surface area contributed by atoms with E-state index in [4.69, 9.17) is 11.6 Å². The van der Waals surface area contributed by atoms with E-state index in [1.807, 2.05) is 26.0 Å². The second-order valence-corrected chi connectivity index (χ2v) is 6.03. The third-order valence-electron chi connectivity index (χ3n) is 2.75. The highest BCUT2D eigenvalue weighted by molar-refractivity contribution is 7.11. The number of nitrogens with one attached hydrogen (secondary N) is 1. The van der Waals surface area contributed by atoms with Crippen LogP contribution in [0, 0.1) is 13.8 Å². The third kappa shape index (κ3) is 4.04. The number of halogens is 1. The number of aromatic nitrogens is 1. The highest BCUT2D eigenvalue weighted by Crippen LogP contribution is 2.18. The van der Waals surface area contributed by atoms with Gasteiger partial charge in [0.25, 0.3) is 0 Å². The molecule has 0 saturated heterocycles. The number of thiazole rings is 1. The summed E-state index contributed by atoms with van der Waals surface area (Å²) < 4.78 is 0. The smallest absolute Gasteiger partial charge is 0.224 e. The summed E-state index contributed by atoms with van der Waals surface area (Å²) in [5.74, 6) is -0.0206. The van der Waals surface area contributed by atoms with E-state index in [0.717, 1.165) is 16.4 Å². The molecule has 0 fully saturated rings. The molecule has 19 heavy (non-hydrogen) atoms. The number of benzene rings is 1. The minimum Gasteiger partial charge on any atom is -0.326 e. The molecule has 0 aliphatic carbocycles. The van der Waals surface area contributed by atoms with Crippen LogP contribution in [0.25, 0.3) is 0 Å².